The minimum absolute atomic E-state index is 0.486. The van der Waals surface area contributed by atoms with Gasteiger partial charge in [0, 0.05) is 25.8 Å². The quantitative estimate of drug-likeness (QED) is 0.706. The zero-order valence-electron chi connectivity index (χ0n) is 13.8. The van der Waals surface area contributed by atoms with E-state index in [9.17, 15) is 0 Å². The first-order chi connectivity index (χ1) is 10.3. The first-order valence-electron chi connectivity index (χ1n) is 8.61. The third kappa shape index (κ3) is 5.08. The van der Waals surface area contributed by atoms with Gasteiger partial charge in [0.05, 0.1) is 5.69 Å². The smallest absolute Gasteiger partial charge is 0.0543 e. The number of pyridine rings is 1. The number of aromatic nitrogens is 1. The average molecular weight is 289 g/mol. The molecular weight excluding hydrogens is 258 g/mol. The first kappa shape index (κ1) is 16.4. The van der Waals surface area contributed by atoms with Crippen LogP contribution in [0.25, 0.3) is 0 Å². The summed E-state index contributed by atoms with van der Waals surface area (Å²) >= 11 is 0. The molecule has 1 fully saturated rings. The second kappa shape index (κ2) is 8.50. The van der Waals surface area contributed by atoms with Crippen molar-refractivity contribution >= 4 is 0 Å². The van der Waals surface area contributed by atoms with Gasteiger partial charge in [0.15, 0.2) is 0 Å². The Balaban J connectivity index is 1.93. The molecule has 1 aliphatic carbocycles. The van der Waals surface area contributed by atoms with Gasteiger partial charge >= 0.3 is 0 Å². The van der Waals surface area contributed by atoms with Crippen molar-refractivity contribution < 1.29 is 0 Å². The topological polar surface area (TPSA) is 28.2 Å². The lowest BCUT2D eigenvalue weighted by Crippen LogP contribution is -2.42. The molecule has 1 aliphatic rings. The van der Waals surface area contributed by atoms with Crippen molar-refractivity contribution in [2.45, 2.75) is 52.5 Å². The van der Waals surface area contributed by atoms with Crippen molar-refractivity contribution in [2.24, 2.45) is 5.41 Å². The van der Waals surface area contributed by atoms with Crippen LogP contribution in [-0.2, 0) is 6.54 Å². The summed E-state index contributed by atoms with van der Waals surface area (Å²) in [6, 6.07) is 6.22. The molecule has 0 saturated heterocycles. The normalized spacial score (nSPS) is 17.5. The molecular formula is C18H31N3. The Morgan fingerprint density at radius 1 is 1.24 bits per heavy atom. The summed E-state index contributed by atoms with van der Waals surface area (Å²) in [7, 11) is 0. The summed E-state index contributed by atoms with van der Waals surface area (Å²) in [5.74, 6) is 0. The summed E-state index contributed by atoms with van der Waals surface area (Å²) in [6.45, 7) is 10.1. The molecule has 0 atom stereocenters. The Labute approximate surface area is 130 Å². The highest BCUT2D eigenvalue weighted by atomic mass is 15.1. The van der Waals surface area contributed by atoms with Crippen molar-refractivity contribution in [3.63, 3.8) is 0 Å². The van der Waals surface area contributed by atoms with Crippen LogP contribution in [0, 0.1) is 5.41 Å². The van der Waals surface area contributed by atoms with Gasteiger partial charge in [-0.1, -0.05) is 32.8 Å². The lowest BCUT2D eigenvalue weighted by atomic mass is 9.85. The molecule has 3 heteroatoms. The molecule has 1 heterocycles. The van der Waals surface area contributed by atoms with Crippen molar-refractivity contribution in [1.29, 1.82) is 0 Å². The Morgan fingerprint density at radius 3 is 2.67 bits per heavy atom. The number of hydrogen-bond acceptors (Lipinski definition) is 3. The molecule has 2 rings (SSSR count). The molecule has 3 nitrogen and oxygen atoms in total. The highest BCUT2D eigenvalue weighted by Gasteiger charge is 2.34. The van der Waals surface area contributed by atoms with Gasteiger partial charge in [-0.15, -0.1) is 0 Å². The van der Waals surface area contributed by atoms with Crippen LogP contribution in [0.5, 0.6) is 0 Å². The van der Waals surface area contributed by atoms with E-state index in [1.165, 1.54) is 50.9 Å². The van der Waals surface area contributed by atoms with Crippen LogP contribution in [0.3, 0.4) is 0 Å². The van der Waals surface area contributed by atoms with E-state index < -0.39 is 0 Å². The van der Waals surface area contributed by atoms with E-state index in [4.69, 9.17) is 0 Å². The minimum Gasteiger partial charge on any atom is -0.316 e. The molecule has 1 N–H and O–H groups in total. The maximum Gasteiger partial charge on any atom is 0.0543 e. The Bertz CT molecular complexity index is 385. The zero-order chi connectivity index (χ0) is 15.0. The lowest BCUT2D eigenvalue weighted by Gasteiger charge is -2.35. The lowest BCUT2D eigenvalue weighted by molar-refractivity contribution is 0.147. The van der Waals surface area contributed by atoms with Crippen molar-refractivity contribution in [1.82, 2.24) is 15.2 Å². The van der Waals surface area contributed by atoms with E-state index in [0.717, 1.165) is 19.6 Å². The minimum atomic E-state index is 0.486. The summed E-state index contributed by atoms with van der Waals surface area (Å²) < 4.78 is 0. The maximum absolute atomic E-state index is 4.48. The SMILES string of the molecule is CCCNCC1(CN(CC)Cc2ccccn2)CCCC1. The monoisotopic (exact) mass is 289 g/mol. The molecule has 1 aromatic heterocycles. The summed E-state index contributed by atoms with van der Waals surface area (Å²) in [5, 5.41) is 3.67. The van der Waals surface area contributed by atoms with Gasteiger partial charge in [0.1, 0.15) is 0 Å². The van der Waals surface area contributed by atoms with Crippen LogP contribution in [0.15, 0.2) is 24.4 Å². The Hall–Kier alpha value is -0.930. The number of nitrogens with zero attached hydrogens (tertiary/aromatic N) is 2. The van der Waals surface area contributed by atoms with Crippen molar-refractivity contribution in [3.8, 4) is 0 Å². The largest absolute Gasteiger partial charge is 0.316 e. The molecule has 0 bridgehead atoms. The van der Waals surface area contributed by atoms with Crippen LogP contribution in [-0.4, -0.2) is 36.1 Å². The molecule has 118 valence electrons. The van der Waals surface area contributed by atoms with Gasteiger partial charge in [-0.05, 0) is 49.9 Å². The standard InChI is InChI=1S/C18H31N3/c1-3-12-19-15-18(10-6-7-11-18)16-21(4-2)14-17-9-5-8-13-20-17/h5,8-9,13,19H,3-4,6-7,10-12,14-16H2,1-2H3. The van der Waals surface area contributed by atoms with Crippen LogP contribution in [0.1, 0.15) is 51.6 Å². The number of nitrogens with one attached hydrogen (secondary N) is 1. The molecule has 0 amide bonds. The van der Waals surface area contributed by atoms with Crippen molar-refractivity contribution in [2.75, 3.05) is 26.2 Å². The molecule has 0 aromatic carbocycles. The van der Waals surface area contributed by atoms with Gasteiger partial charge < -0.3 is 5.32 Å². The molecule has 1 aromatic rings. The van der Waals surface area contributed by atoms with Gasteiger partial charge in [0.2, 0.25) is 0 Å². The fourth-order valence-corrected chi connectivity index (χ4v) is 3.52. The van der Waals surface area contributed by atoms with E-state index in [1.807, 2.05) is 12.3 Å². The second-order valence-corrected chi connectivity index (χ2v) is 6.51. The van der Waals surface area contributed by atoms with Crippen molar-refractivity contribution in [3.05, 3.63) is 30.1 Å². The van der Waals surface area contributed by atoms with Crippen LogP contribution in [0.2, 0.25) is 0 Å². The van der Waals surface area contributed by atoms with Crippen LogP contribution < -0.4 is 5.32 Å². The average Bonchev–Trinajstić information content (AvgIpc) is 2.97. The molecule has 0 radical (unpaired) electrons. The maximum atomic E-state index is 4.48. The van der Waals surface area contributed by atoms with Gasteiger partial charge in [0.25, 0.3) is 0 Å². The second-order valence-electron chi connectivity index (χ2n) is 6.51. The molecule has 0 spiro atoms. The van der Waals surface area contributed by atoms with E-state index in [1.54, 1.807) is 0 Å². The zero-order valence-corrected chi connectivity index (χ0v) is 13.8. The van der Waals surface area contributed by atoms with E-state index in [-0.39, 0.29) is 0 Å². The Kier molecular flexibility index (Phi) is 6.65. The first-order valence-corrected chi connectivity index (χ1v) is 8.61. The number of hydrogen-bond donors (Lipinski definition) is 1. The van der Waals surface area contributed by atoms with E-state index in [0.29, 0.717) is 5.41 Å². The van der Waals surface area contributed by atoms with Crippen LogP contribution in [0.4, 0.5) is 0 Å². The predicted octanol–water partition coefficient (Wildman–Crippen LogP) is 3.46. The highest BCUT2D eigenvalue weighted by Crippen LogP contribution is 2.38. The van der Waals surface area contributed by atoms with Gasteiger partial charge in [-0.3, -0.25) is 9.88 Å². The molecule has 0 unspecified atom stereocenters. The third-order valence-electron chi connectivity index (χ3n) is 4.71. The van der Waals surface area contributed by atoms with Crippen LogP contribution >= 0.6 is 0 Å². The fourth-order valence-electron chi connectivity index (χ4n) is 3.52. The summed E-state index contributed by atoms with van der Waals surface area (Å²) in [5.41, 5.74) is 1.67. The fraction of sp³-hybridized carbons (Fsp3) is 0.722. The molecule has 1 saturated carbocycles. The van der Waals surface area contributed by atoms with Gasteiger partial charge in [-0.25, -0.2) is 0 Å². The van der Waals surface area contributed by atoms with E-state index >= 15 is 0 Å². The third-order valence-corrected chi connectivity index (χ3v) is 4.71. The summed E-state index contributed by atoms with van der Waals surface area (Å²) in [4.78, 5) is 7.05. The summed E-state index contributed by atoms with van der Waals surface area (Å²) in [6.07, 6.45) is 8.67. The highest BCUT2D eigenvalue weighted by molar-refractivity contribution is 5.03. The predicted molar refractivity (Wildman–Crippen MR) is 89.2 cm³/mol. The number of rotatable bonds is 9. The molecule has 21 heavy (non-hydrogen) atoms. The Morgan fingerprint density at radius 2 is 2.05 bits per heavy atom. The molecule has 0 aliphatic heterocycles. The van der Waals surface area contributed by atoms with E-state index in [2.05, 4.69) is 41.2 Å². The van der Waals surface area contributed by atoms with Gasteiger partial charge in [-0.2, -0.15) is 0 Å².